The molecule has 0 bridgehead atoms. The first kappa shape index (κ1) is 16.5. The summed E-state index contributed by atoms with van der Waals surface area (Å²) < 4.78 is 65.6. The second kappa shape index (κ2) is 5.81. The van der Waals surface area contributed by atoms with E-state index in [0.717, 1.165) is 7.11 Å². The van der Waals surface area contributed by atoms with Crippen LogP contribution in [0.2, 0.25) is 5.15 Å². The first-order valence-corrected chi connectivity index (χ1v) is 6.52. The third-order valence-corrected chi connectivity index (χ3v) is 3.38. The number of nitrogens with one attached hydrogen (secondary N) is 2. The monoisotopic (exact) mass is 333 g/mol. The average molecular weight is 334 g/mol. The van der Waals surface area contributed by atoms with Gasteiger partial charge in [0.15, 0.2) is 0 Å². The van der Waals surface area contributed by atoms with Crippen LogP contribution in [-0.4, -0.2) is 26.6 Å². The molecule has 7 nitrogen and oxygen atoms in total. The highest BCUT2D eigenvalue weighted by atomic mass is 35.5. The number of pyridine rings is 1. The summed E-state index contributed by atoms with van der Waals surface area (Å²) in [5, 5.41) is -0.530. The predicted molar refractivity (Wildman–Crippen MR) is 60.1 cm³/mol. The van der Waals surface area contributed by atoms with Gasteiger partial charge in [-0.3, -0.25) is 0 Å². The summed E-state index contributed by atoms with van der Waals surface area (Å²) in [6.07, 6.45) is -5.75. The second-order valence-corrected chi connectivity index (χ2v) is 5.26. The van der Waals surface area contributed by atoms with E-state index >= 15 is 0 Å². The number of hydrazine groups is 1. The van der Waals surface area contributed by atoms with Crippen molar-refractivity contribution in [3.8, 4) is 0 Å². The molecule has 112 valence electrons. The molecule has 0 aliphatic rings. The maximum Gasteiger partial charge on any atom is 0.422 e. The van der Waals surface area contributed by atoms with Crippen molar-refractivity contribution in [1.29, 1.82) is 0 Å². The second-order valence-electron chi connectivity index (χ2n) is 3.22. The number of amides is 1. The fraction of sp³-hybridized carbons (Fsp3) is 0.250. The molecule has 2 N–H and O–H groups in total. The van der Waals surface area contributed by atoms with Crippen LogP contribution in [0.3, 0.4) is 0 Å². The van der Waals surface area contributed by atoms with Crippen molar-refractivity contribution in [2.75, 3.05) is 7.11 Å². The molecule has 0 aromatic carbocycles. The Morgan fingerprint density at radius 3 is 2.55 bits per heavy atom. The van der Waals surface area contributed by atoms with Crippen molar-refractivity contribution < 1.29 is 31.1 Å². The van der Waals surface area contributed by atoms with Crippen LogP contribution in [0.5, 0.6) is 0 Å². The van der Waals surface area contributed by atoms with Gasteiger partial charge in [-0.1, -0.05) is 11.6 Å². The van der Waals surface area contributed by atoms with Crippen LogP contribution in [-0.2, 0) is 20.9 Å². The van der Waals surface area contributed by atoms with E-state index in [1.54, 1.807) is 0 Å². The number of hydrogen-bond acceptors (Lipinski definition) is 5. The molecule has 0 unspecified atom stereocenters. The van der Waals surface area contributed by atoms with Gasteiger partial charge in [-0.15, -0.1) is 4.83 Å². The SMILES string of the molecule is COC(=O)NNS(=O)(=O)c1cnc(Cl)cc1C(F)(F)F. The lowest BCUT2D eigenvalue weighted by atomic mass is 10.2. The highest BCUT2D eigenvalue weighted by molar-refractivity contribution is 7.89. The number of carbonyl (C=O) groups excluding carboxylic acids is 1. The first-order valence-electron chi connectivity index (χ1n) is 4.66. The predicted octanol–water partition coefficient (Wildman–Crippen LogP) is 1.30. The molecule has 0 spiro atoms. The number of hydrogen-bond donors (Lipinski definition) is 2. The number of ether oxygens (including phenoxy) is 1. The molecule has 0 radical (unpaired) electrons. The fourth-order valence-electron chi connectivity index (χ4n) is 1.07. The van der Waals surface area contributed by atoms with E-state index in [2.05, 4.69) is 9.72 Å². The van der Waals surface area contributed by atoms with Gasteiger partial charge in [-0.2, -0.15) is 13.2 Å². The third-order valence-electron chi connectivity index (χ3n) is 1.90. The van der Waals surface area contributed by atoms with E-state index < -0.39 is 37.9 Å². The summed E-state index contributed by atoms with van der Waals surface area (Å²) in [5.74, 6) is 0. The Morgan fingerprint density at radius 2 is 2.05 bits per heavy atom. The zero-order valence-corrected chi connectivity index (χ0v) is 11.2. The molecular weight excluding hydrogens is 327 g/mol. The Balaban J connectivity index is 3.22. The quantitative estimate of drug-likeness (QED) is 0.642. The maximum absolute atomic E-state index is 12.7. The van der Waals surface area contributed by atoms with E-state index in [-0.39, 0.29) is 0 Å². The van der Waals surface area contributed by atoms with Gasteiger partial charge in [0.05, 0.1) is 12.7 Å². The third kappa shape index (κ3) is 3.95. The molecule has 1 heterocycles. The zero-order chi connectivity index (χ0) is 15.6. The van der Waals surface area contributed by atoms with Gasteiger partial charge in [0.25, 0.3) is 10.0 Å². The van der Waals surface area contributed by atoms with E-state index in [1.165, 1.54) is 10.3 Å². The number of sulfonamides is 1. The van der Waals surface area contributed by atoms with Crippen molar-refractivity contribution >= 4 is 27.7 Å². The molecule has 12 heteroatoms. The molecule has 1 aromatic rings. The Hall–Kier alpha value is -1.59. The number of alkyl halides is 3. The maximum atomic E-state index is 12.7. The molecule has 1 amide bonds. The molecule has 1 rings (SSSR count). The molecule has 0 saturated heterocycles. The van der Waals surface area contributed by atoms with Crippen molar-refractivity contribution in [2.24, 2.45) is 0 Å². The number of rotatable bonds is 3. The zero-order valence-electron chi connectivity index (χ0n) is 9.66. The average Bonchev–Trinajstić information content (AvgIpc) is 2.34. The van der Waals surface area contributed by atoms with Crippen LogP contribution in [0.15, 0.2) is 17.2 Å². The van der Waals surface area contributed by atoms with Crippen molar-refractivity contribution in [1.82, 2.24) is 15.2 Å². The molecule has 1 aromatic heterocycles. The molecule has 0 atom stereocenters. The smallest absolute Gasteiger partial charge is 0.422 e. The minimum Gasteiger partial charge on any atom is -0.452 e. The lowest BCUT2D eigenvalue weighted by molar-refractivity contribution is -0.140. The Bertz CT molecular complexity index is 620. The molecule has 20 heavy (non-hydrogen) atoms. The van der Waals surface area contributed by atoms with Crippen LogP contribution < -0.4 is 10.3 Å². The van der Waals surface area contributed by atoms with Crippen LogP contribution in [0, 0.1) is 0 Å². The Labute approximate surface area is 116 Å². The summed E-state index contributed by atoms with van der Waals surface area (Å²) in [6, 6.07) is 0.355. The lowest BCUT2D eigenvalue weighted by Crippen LogP contribution is -2.42. The van der Waals surface area contributed by atoms with E-state index in [4.69, 9.17) is 11.6 Å². The number of methoxy groups -OCH3 is 1. The molecule has 0 aliphatic carbocycles. The van der Waals surface area contributed by atoms with Crippen LogP contribution in [0.25, 0.3) is 0 Å². The van der Waals surface area contributed by atoms with Gasteiger partial charge in [0.2, 0.25) is 0 Å². The standard InChI is InChI=1S/C8H7ClF3N3O4S/c1-19-7(16)14-15-20(17,18)5-3-13-6(9)2-4(5)8(10,11)12/h2-3,15H,1H3,(H,14,16). The van der Waals surface area contributed by atoms with Gasteiger partial charge in [-0.25, -0.2) is 23.6 Å². The van der Waals surface area contributed by atoms with Gasteiger partial charge in [-0.05, 0) is 6.07 Å². The largest absolute Gasteiger partial charge is 0.452 e. The number of halogens is 4. The van der Waals surface area contributed by atoms with Crippen LogP contribution in [0.1, 0.15) is 5.56 Å². The summed E-state index contributed by atoms with van der Waals surface area (Å²) in [5.41, 5.74) is 0.0202. The van der Waals surface area contributed by atoms with Crippen molar-refractivity contribution in [3.63, 3.8) is 0 Å². The minimum absolute atomic E-state index is 0.355. The van der Waals surface area contributed by atoms with Gasteiger partial charge in [0.1, 0.15) is 10.0 Å². The normalized spacial score (nSPS) is 12.1. The van der Waals surface area contributed by atoms with Crippen molar-refractivity contribution in [2.45, 2.75) is 11.1 Å². The Kier molecular flexibility index (Phi) is 4.78. The van der Waals surface area contributed by atoms with Gasteiger partial charge < -0.3 is 4.74 Å². The van der Waals surface area contributed by atoms with Gasteiger partial charge in [0, 0.05) is 6.20 Å². The van der Waals surface area contributed by atoms with Gasteiger partial charge >= 0.3 is 12.3 Å². The highest BCUT2D eigenvalue weighted by Gasteiger charge is 2.38. The van der Waals surface area contributed by atoms with E-state index in [1.807, 2.05) is 0 Å². The molecule has 0 saturated carbocycles. The Morgan fingerprint density at radius 1 is 1.45 bits per heavy atom. The summed E-state index contributed by atoms with van der Waals surface area (Å²) in [4.78, 5) is 14.2. The summed E-state index contributed by atoms with van der Waals surface area (Å²) in [6.45, 7) is 0. The fourth-order valence-corrected chi connectivity index (χ4v) is 2.21. The minimum atomic E-state index is -4.97. The topological polar surface area (TPSA) is 97.4 Å². The van der Waals surface area contributed by atoms with Crippen LogP contribution in [0.4, 0.5) is 18.0 Å². The number of nitrogens with zero attached hydrogens (tertiary/aromatic N) is 1. The van der Waals surface area contributed by atoms with Crippen molar-refractivity contribution in [3.05, 3.63) is 23.0 Å². The van der Waals surface area contributed by atoms with Crippen LogP contribution >= 0.6 is 11.6 Å². The number of aromatic nitrogens is 1. The van der Waals surface area contributed by atoms with E-state index in [9.17, 15) is 26.4 Å². The molecule has 0 fully saturated rings. The summed E-state index contributed by atoms with van der Waals surface area (Å²) >= 11 is 5.31. The molecule has 0 aliphatic heterocycles. The highest BCUT2D eigenvalue weighted by Crippen LogP contribution is 2.34. The number of carbonyl (C=O) groups is 1. The molecular formula is C8H7ClF3N3O4S. The first-order chi connectivity index (χ1) is 9.08. The summed E-state index contributed by atoms with van der Waals surface area (Å²) in [7, 11) is -3.76. The lowest BCUT2D eigenvalue weighted by Gasteiger charge is -2.13. The van der Waals surface area contributed by atoms with E-state index in [0.29, 0.717) is 12.3 Å².